The van der Waals surface area contributed by atoms with Gasteiger partial charge in [0.1, 0.15) is 16.8 Å². The number of pyridine rings is 2. The van der Waals surface area contributed by atoms with Crippen LogP contribution in [0.25, 0.3) is 0 Å². The number of hydrogen-bond donors (Lipinski definition) is 3. The standard InChI is InChI=1S/C18H20N4O3.C14H13ClN4O2.C4H8O/c1-10(2)22-15-13(16(23)21-18(22)24)8-14(20-15)12-4-3-7-19-17(12)25-9-11-5-6-11;1-7(2)19-12-9(13(20)18-14(19)21)6-10(17-12)8-4-3-5-16-11(8)15;5-3-4-1-2-4/h3-4,7,10-11H,5-6,8-9H2,1-2H3,(H,21,23,24);3-5,7H,6H2,1-2H3,(H,18,20,21);4-5H,1-3H2. The topological polar surface area (TPSA) is 190 Å². The number of halogens is 1. The molecule has 4 aromatic rings. The Balaban J connectivity index is 0.000000156. The normalized spacial score (nSPS) is 15.7. The van der Waals surface area contributed by atoms with Gasteiger partial charge in [0.15, 0.2) is 0 Å². The summed E-state index contributed by atoms with van der Waals surface area (Å²) in [5, 5.41) is 8.54. The Labute approximate surface area is 298 Å². The molecule has 0 spiro atoms. The van der Waals surface area contributed by atoms with Gasteiger partial charge in [-0.1, -0.05) is 11.6 Å². The highest BCUT2D eigenvalue weighted by molar-refractivity contribution is 6.33. The van der Waals surface area contributed by atoms with Crippen molar-refractivity contribution in [2.24, 2.45) is 21.8 Å². The van der Waals surface area contributed by atoms with Gasteiger partial charge in [0.25, 0.3) is 11.1 Å². The van der Waals surface area contributed by atoms with E-state index in [1.54, 1.807) is 24.5 Å². The van der Waals surface area contributed by atoms with E-state index < -0.39 is 16.9 Å². The van der Waals surface area contributed by atoms with Crippen molar-refractivity contribution in [2.45, 2.75) is 78.3 Å². The molecule has 0 atom stereocenters. The van der Waals surface area contributed by atoms with Gasteiger partial charge >= 0.3 is 11.4 Å². The van der Waals surface area contributed by atoms with Crippen molar-refractivity contribution in [3.05, 3.63) is 106 Å². The van der Waals surface area contributed by atoms with Crippen LogP contribution in [0.15, 0.2) is 65.8 Å². The third kappa shape index (κ3) is 8.02. The van der Waals surface area contributed by atoms with Crippen molar-refractivity contribution in [1.82, 2.24) is 29.1 Å². The van der Waals surface area contributed by atoms with E-state index in [-0.39, 0.29) is 17.6 Å². The summed E-state index contributed by atoms with van der Waals surface area (Å²) >= 11 is 6.07. The largest absolute Gasteiger partial charge is 0.477 e. The Morgan fingerprint density at radius 3 is 1.73 bits per heavy atom. The molecule has 15 heteroatoms. The van der Waals surface area contributed by atoms with Crippen molar-refractivity contribution in [3.8, 4) is 5.88 Å². The van der Waals surface area contributed by atoms with Gasteiger partial charge in [0.05, 0.1) is 34.7 Å². The number of aliphatic hydroxyl groups excluding tert-OH is 1. The van der Waals surface area contributed by atoms with E-state index in [4.69, 9.17) is 21.4 Å². The predicted octanol–water partition coefficient (Wildman–Crippen LogP) is 4.21. The second kappa shape index (κ2) is 15.1. The molecule has 4 aromatic heterocycles. The molecule has 0 bridgehead atoms. The summed E-state index contributed by atoms with van der Waals surface area (Å²) in [7, 11) is 0. The van der Waals surface area contributed by atoms with Gasteiger partial charge in [0.2, 0.25) is 5.88 Å². The van der Waals surface area contributed by atoms with Crippen LogP contribution in [-0.4, -0.2) is 58.8 Å². The zero-order chi connectivity index (χ0) is 36.4. The van der Waals surface area contributed by atoms with Crippen molar-refractivity contribution in [1.29, 1.82) is 0 Å². The van der Waals surface area contributed by atoms with Gasteiger partial charge in [-0.05, 0) is 89.5 Å². The molecular weight excluding hydrogens is 676 g/mol. The Morgan fingerprint density at radius 2 is 1.27 bits per heavy atom. The minimum atomic E-state index is -0.448. The van der Waals surface area contributed by atoms with E-state index in [2.05, 4.69) is 29.9 Å². The summed E-state index contributed by atoms with van der Waals surface area (Å²) in [5.41, 5.74) is 2.16. The van der Waals surface area contributed by atoms with Crippen molar-refractivity contribution >= 4 is 34.7 Å². The summed E-state index contributed by atoms with van der Waals surface area (Å²) in [5.74, 6) is 2.70. The van der Waals surface area contributed by atoms with Crippen LogP contribution in [0.4, 0.5) is 11.6 Å². The molecule has 0 radical (unpaired) electrons. The minimum Gasteiger partial charge on any atom is -0.477 e. The lowest BCUT2D eigenvalue weighted by Crippen LogP contribution is -2.32. The number of rotatable bonds is 8. The number of aromatic amines is 2. The van der Waals surface area contributed by atoms with Gasteiger partial charge in [-0.15, -0.1) is 0 Å². The third-order valence-corrected chi connectivity index (χ3v) is 9.19. The van der Waals surface area contributed by atoms with Crippen LogP contribution in [0.2, 0.25) is 5.15 Å². The van der Waals surface area contributed by atoms with Crippen LogP contribution in [0.1, 0.15) is 87.7 Å². The summed E-state index contributed by atoms with van der Waals surface area (Å²) in [4.78, 5) is 70.4. The Kier molecular flexibility index (Phi) is 10.6. The first kappa shape index (κ1) is 35.9. The first-order valence-corrected chi connectivity index (χ1v) is 17.5. The molecule has 0 unspecified atom stereocenters. The van der Waals surface area contributed by atoms with E-state index >= 15 is 0 Å². The number of aliphatic hydroxyl groups is 1. The van der Waals surface area contributed by atoms with E-state index in [1.807, 2.05) is 39.8 Å². The molecule has 2 saturated carbocycles. The molecule has 2 aliphatic carbocycles. The van der Waals surface area contributed by atoms with E-state index in [1.165, 1.54) is 34.8 Å². The van der Waals surface area contributed by atoms with E-state index in [0.717, 1.165) is 5.56 Å². The fraction of sp³-hybridized carbons (Fsp3) is 0.444. The monoisotopic (exact) mass is 716 g/mol. The molecule has 0 amide bonds. The lowest BCUT2D eigenvalue weighted by atomic mass is 10.1. The minimum absolute atomic E-state index is 0.0966. The average molecular weight is 717 g/mol. The summed E-state index contributed by atoms with van der Waals surface area (Å²) in [6, 6.07) is 7.07. The number of nitrogens with one attached hydrogen (secondary N) is 2. The molecule has 2 aliphatic heterocycles. The zero-order valence-electron chi connectivity index (χ0n) is 29.0. The van der Waals surface area contributed by atoms with Crippen LogP contribution in [0.5, 0.6) is 5.88 Å². The second-order valence-electron chi connectivity index (χ2n) is 13.6. The Morgan fingerprint density at radius 1 is 0.784 bits per heavy atom. The predicted molar refractivity (Wildman–Crippen MR) is 195 cm³/mol. The number of aliphatic imine (C=N–C) groups is 2. The van der Waals surface area contributed by atoms with Crippen LogP contribution in [0, 0.1) is 11.8 Å². The highest BCUT2D eigenvalue weighted by Crippen LogP contribution is 2.33. The maximum atomic E-state index is 12.2. The molecule has 14 nitrogen and oxygen atoms in total. The van der Waals surface area contributed by atoms with E-state index in [0.29, 0.717) is 88.7 Å². The van der Waals surface area contributed by atoms with E-state index in [9.17, 15) is 19.2 Å². The molecule has 8 rings (SSSR count). The molecule has 51 heavy (non-hydrogen) atoms. The van der Waals surface area contributed by atoms with Gasteiger partial charge in [0, 0.05) is 49.5 Å². The zero-order valence-corrected chi connectivity index (χ0v) is 29.7. The summed E-state index contributed by atoms with van der Waals surface area (Å²) in [6.45, 7) is 8.58. The fourth-order valence-corrected chi connectivity index (χ4v) is 5.99. The lowest BCUT2D eigenvalue weighted by molar-refractivity contribution is 0.277. The van der Waals surface area contributed by atoms with Crippen LogP contribution in [0.3, 0.4) is 0 Å². The molecule has 2 fully saturated rings. The van der Waals surface area contributed by atoms with Crippen LogP contribution in [-0.2, 0) is 12.8 Å². The number of fused-ring (bicyclic) bond motifs is 2. The SMILES string of the molecule is CC(C)n1c2c(c(=O)[nH]c1=O)CC(c1cccnc1Cl)=N2.CC(C)n1c2c(c(=O)[nH]c1=O)CC(c1cccnc1OCC1CC1)=N2.OCC1CC1. The molecule has 6 heterocycles. The maximum absolute atomic E-state index is 12.2. The molecule has 3 N–H and O–H groups in total. The Hall–Kier alpha value is -4.95. The number of hydrogen-bond acceptors (Lipinski definition) is 10. The van der Waals surface area contributed by atoms with Gasteiger partial charge in [-0.3, -0.25) is 28.7 Å². The first-order chi connectivity index (χ1) is 24.5. The Bertz CT molecular complexity index is 2240. The highest BCUT2D eigenvalue weighted by Gasteiger charge is 2.28. The average Bonchev–Trinajstić information content (AvgIpc) is 4.02. The maximum Gasteiger partial charge on any atom is 0.330 e. The quantitative estimate of drug-likeness (QED) is 0.226. The molecular formula is C36H41ClN8O6. The van der Waals surface area contributed by atoms with Gasteiger partial charge in [-0.25, -0.2) is 29.5 Å². The molecule has 0 saturated heterocycles. The molecule has 268 valence electrons. The van der Waals surface area contributed by atoms with Crippen molar-refractivity contribution in [3.63, 3.8) is 0 Å². The first-order valence-electron chi connectivity index (χ1n) is 17.2. The molecule has 0 aromatic carbocycles. The number of nitrogens with zero attached hydrogens (tertiary/aromatic N) is 6. The van der Waals surface area contributed by atoms with Gasteiger partial charge < -0.3 is 9.84 Å². The van der Waals surface area contributed by atoms with Gasteiger partial charge in [-0.2, -0.15) is 0 Å². The highest BCUT2D eigenvalue weighted by atomic mass is 35.5. The smallest absolute Gasteiger partial charge is 0.330 e. The molecule has 4 aliphatic rings. The van der Waals surface area contributed by atoms with Crippen molar-refractivity contribution < 1.29 is 9.84 Å². The summed E-state index contributed by atoms with van der Waals surface area (Å²) in [6.07, 6.45) is 8.89. The van der Waals surface area contributed by atoms with Crippen LogP contribution < -0.4 is 27.2 Å². The van der Waals surface area contributed by atoms with Crippen LogP contribution >= 0.6 is 11.6 Å². The third-order valence-electron chi connectivity index (χ3n) is 8.89. The van der Waals surface area contributed by atoms with Crippen molar-refractivity contribution in [2.75, 3.05) is 13.2 Å². The number of aromatic nitrogens is 6. The summed E-state index contributed by atoms with van der Waals surface area (Å²) < 4.78 is 8.86. The number of ether oxygens (including phenoxy) is 1. The number of H-pyrrole nitrogens is 2. The lowest BCUT2D eigenvalue weighted by Gasteiger charge is -2.12. The second-order valence-corrected chi connectivity index (χ2v) is 14.0. The fourth-order valence-electron chi connectivity index (χ4n) is 5.76.